The van der Waals surface area contributed by atoms with Crippen molar-refractivity contribution in [3.63, 3.8) is 0 Å². The lowest BCUT2D eigenvalue weighted by molar-refractivity contribution is -0.137. The number of hydrogen-bond acceptors (Lipinski definition) is 3. The Morgan fingerprint density at radius 2 is 1.67 bits per heavy atom. The molecule has 2 fully saturated rings. The van der Waals surface area contributed by atoms with Gasteiger partial charge < -0.3 is 15.5 Å². The molecular weight excluding hydrogens is 230 g/mol. The van der Waals surface area contributed by atoms with Gasteiger partial charge in [0.1, 0.15) is 0 Å². The Hall–Kier alpha value is -1.10. The zero-order valence-electron chi connectivity index (χ0n) is 11.3. The average Bonchev–Trinajstić information content (AvgIpc) is 3.14. The molecule has 2 aliphatic rings. The van der Waals surface area contributed by atoms with Crippen LogP contribution in [0.5, 0.6) is 0 Å². The van der Waals surface area contributed by atoms with E-state index in [0.717, 1.165) is 38.8 Å². The fraction of sp³-hybridized carbons (Fsp3) is 0.846. The molecule has 0 unspecified atom stereocenters. The van der Waals surface area contributed by atoms with E-state index in [1.165, 1.54) is 0 Å². The van der Waals surface area contributed by atoms with Gasteiger partial charge >= 0.3 is 0 Å². The highest BCUT2D eigenvalue weighted by atomic mass is 16.2. The molecule has 0 spiro atoms. The van der Waals surface area contributed by atoms with E-state index in [1.54, 1.807) is 13.8 Å². The molecule has 2 amide bonds. The third-order valence-corrected chi connectivity index (χ3v) is 3.89. The number of nitrogens with zero attached hydrogens (tertiary/aromatic N) is 2. The van der Waals surface area contributed by atoms with E-state index in [4.69, 9.17) is 5.73 Å². The number of rotatable bonds is 3. The Kier molecular flexibility index (Phi) is 3.90. The van der Waals surface area contributed by atoms with Crippen LogP contribution in [0.2, 0.25) is 0 Å². The van der Waals surface area contributed by atoms with E-state index >= 15 is 0 Å². The first-order valence-electron chi connectivity index (χ1n) is 6.84. The molecule has 1 aliphatic heterocycles. The Bertz CT molecular complexity index is 331. The number of carbonyl (C=O) groups excluding carboxylic acids is 2. The molecule has 2 N–H and O–H groups in total. The summed E-state index contributed by atoms with van der Waals surface area (Å²) in [7, 11) is 0. The molecule has 1 aliphatic carbocycles. The number of likely N-dealkylation sites (tertiary alicyclic amines) is 1. The summed E-state index contributed by atoms with van der Waals surface area (Å²) in [4.78, 5) is 27.3. The van der Waals surface area contributed by atoms with Crippen molar-refractivity contribution in [2.24, 2.45) is 5.73 Å². The zero-order valence-corrected chi connectivity index (χ0v) is 11.3. The molecular formula is C13H23N3O2. The van der Waals surface area contributed by atoms with Crippen LogP contribution in [0.25, 0.3) is 0 Å². The van der Waals surface area contributed by atoms with Crippen molar-refractivity contribution in [3.8, 4) is 0 Å². The van der Waals surface area contributed by atoms with Gasteiger partial charge in [0.2, 0.25) is 11.8 Å². The molecule has 2 rings (SSSR count). The highest BCUT2D eigenvalue weighted by Crippen LogP contribution is 2.32. The molecule has 1 atom stereocenters. The fourth-order valence-corrected chi connectivity index (χ4v) is 2.70. The van der Waals surface area contributed by atoms with Gasteiger partial charge in [-0.3, -0.25) is 9.59 Å². The van der Waals surface area contributed by atoms with Gasteiger partial charge in [0, 0.05) is 32.1 Å². The second-order valence-corrected chi connectivity index (χ2v) is 5.50. The van der Waals surface area contributed by atoms with Gasteiger partial charge in [0.05, 0.1) is 6.04 Å². The van der Waals surface area contributed by atoms with Crippen molar-refractivity contribution in [2.45, 2.75) is 57.7 Å². The molecule has 0 aromatic carbocycles. The molecule has 0 radical (unpaired) electrons. The maximum atomic E-state index is 12.2. The number of amides is 2. The Morgan fingerprint density at radius 1 is 1.17 bits per heavy atom. The minimum Gasteiger partial charge on any atom is -0.343 e. The first kappa shape index (κ1) is 13.3. The highest BCUT2D eigenvalue weighted by molar-refractivity contribution is 5.82. The fourth-order valence-electron chi connectivity index (χ4n) is 2.70. The zero-order chi connectivity index (χ0) is 13.3. The predicted molar refractivity (Wildman–Crippen MR) is 68.8 cm³/mol. The molecule has 1 heterocycles. The van der Waals surface area contributed by atoms with E-state index in [9.17, 15) is 9.59 Å². The number of piperidine rings is 1. The predicted octanol–water partition coefficient (Wildman–Crippen LogP) is 0.336. The first-order chi connectivity index (χ1) is 8.50. The van der Waals surface area contributed by atoms with Gasteiger partial charge in [-0.15, -0.1) is 0 Å². The molecule has 102 valence electrons. The Labute approximate surface area is 108 Å². The number of carbonyl (C=O) groups is 2. The Morgan fingerprint density at radius 3 is 2.06 bits per heavy atom. The third-order valence-electron chi connectivity index (χ3n) is 3.89. The molecule has 18 heavy (non-hydrogen) atoms. The molecule has 1 saturated carbocycles. The van der Waals surface area contributed by atoms with Crippen molar-refractivity contribution in [3.05, 3.63) is 0 Å². The van der Waals surface area contributed by atoms with Gasteiger partial charge in [0.15, 0.2) is 0 Å². The third kappa shape index (κ3) is 2.83. The van der Waals surface area contributed by atoms with Crippen molar-refractivity contribution in [2.75, 3.05) is 13.1 Å². The molecule has 0 bridgehead atoms. The summed E-state index contributed by atoms with van der Waals surface area (Å²) in [5, 5.41) is 0. The summed E-state index contributed by atoms with van der Waals surface area (Å²) in [5.74, 6) is 0.198. The smallest absolute Gasteiger partial charge is 0.239 e. The van der Waals surface area contributed by atoms with Crippen LogP contribution in [0.4, 0.5) is 0 Å². The molecule has 0 aromatic rings. The average molecular weight is 253 g/mol. The monoisotopic (exact) mass is 253 g/mol. The summed E-state index contributed by atoms with van der Waals surface area (Å²) < 4.78 is 0. The minimum atomic E-state index is -0.420. The molecule has 1 saturated heterocycles. The van der Waals surface area contributed by atoms with Gasteiger partial charge in [-0.05, 0) is 32.6 Å². The van der Waals surface area contributed by atoms with Crippen molar-refractivity contribution >= 4 is 11.8 Å². The second-order valence-electron chi connectivity index (χ2n) is 5.50. The van der Waals surface area contributed by atoms with Crippen LogP contribution in [-0.4, -0.2) is 52.8 Å². The van der Waals surface area contributed by atoms with Crippen LogP contribution >= 0.6 is 0 Å². The minimum absolute atomic E-state index is 0.0683. The first-order valence-corrected chi connectivity index (χ1v) is 6.84. The quantitative estimate of drug-likeness (QED) is 0.788. The molecule has 5 heteroatoms. The second kappa shape index (κ2) is 5.26. The van der Waals surface area contributed by atoms with Crippen LogP contribution in [0.1, 0.15) is 39.5 Å². The van der Waals surface area contributed by atoms with Gasteiger partial charge in [-0.2, -0.15) is 0 Å². The van der Waals surface area contributed by atoms with Gasteiger partial charge in [0.25, 0.3) is 0 Å². The summed E-state index contributed by atoms with van der Waals surface area (Å²) in [6, 6.07) is 0.250. The largest absolute Gasteiger partial charge is 0.343 e. The SMILES string of the molecule is CC(=O)N1CCC(N(C(=O)[C@H](C)N)C2CC2)CC1. The van der Waals surface area contributed by atoms with Crippen molar-refractivity contribution < 1.29 is 9.59 Å². The normalized spacial score (nSPS) is 22.7. The lowest BCUT2D eigenvalue weighted by atomic mass is 10.0. The van der Waals surface area contributed by atoms with E-state index in [-0.39, 0.29) is 17.9 Å². The van der Waals surface area contributed by atoms with Crippen molar-refractivity contribution in [1.29, 1.82) is 0 Å². The molecule has 0 aromatic heterocycles. The summed E-state index contributed by atoms with van der Waals surface area (Å²) >= 11 is 0. The molecule has 5 nitrogen and oxygen atoms in total. The topological polar surface area (TPSA) is 66.6 Å². The van der Waals surface area contributed by atoms with Crippen LogP contribution in [0, 0.1) is 0 Å². The van der Waals surface area contributed by atoms with E-state index in [0.29, 0.717) is 6.04 Å². The van der Waals surface area contributed by atoms with E-state index in [2.05, 4.69) is 0 Å². The Balaban J connectivity index is 1.97. The number of hydrogen-bond donors (Lipinski definition) is 1. The standard InChI is InChI=1S/C13H23N3O2/c1-9(14)13(18)16(11-3-4-11)12-5-7-15(8-6-12)10(2)17/h9,11-12H,3-8,14H2,1-2H3/t9-/m0/s1. The summed E-state index contributed by atoms with van der Waals surface area (Å²) in [5.41, 5.74) is 5.73. The van der Waals surface area contributed by atoms with Crippen LogP contribution in [0.15, 0.2) is 0 Å². The van der Waals surface area contributed by atoms with Crippen LogP contribution < -0.4 is 5.73 Å². The van der Waals surface area contributed by atoms with E-state index < -0.39 is 6.04 Å². The number of nitrogens with two attached hydrogens (primary N) is 1. The van der Waals surface area contributed by atoms with Gasteiger partial charge in [-0.1, -0.05) is 0 Å². The highest BCUT2D eigenvalue weighted by Gasteiger charge is 2.39. The van der Waals surface area contributed by atoms with Crippen LogP contribution in [-0.2, 0) is 9.59 Å². The van der Waals surface area contributed by atoms with E-state index in [1.807, 2.05) is 9.80 Å². The maximum Gasteiger partial charge on any atom is 0.239 e. The maximum absolute atomic E-state index is 12.2. The lowest BCUT2D eigenvalue weighted by Crippen LogP contribution is -2.53. The van der Waals surface area contributed by atoms with Crippen molar-refractivity contribution in [1.82, 2.24) is 9.80 Å². The van der Waals surface area contributed by atoms with Gasteiger partial charge in [-0.25, -0.2) is 0 Å². The summed E-state index contributed by atoms with van der Waals surface area (Å²) in [6.07, 6.45) is 3.97. The van der Waals surface area contributed by atoms with Crippen LogP contribution in [0.3, 0.4) is 0 Å². The lowest BCUT2D eigenvalue weighted by Gasteiger charge is -2.39. The summed E-state index contributed by atoms with van der Waals surface area (Å²) in [6.45, 7) is 4.87.